The predicted molar refractivity (Wildman–Crippen MR) is 84.3 cm³/mol. The molecule has 0 aliphatic carbocycles. The minimum atomic E-state index is -0.612. The topological polar surface area (TPSA) is 51.3 Å². The molecule has 5 heteroatoms. The number of carbonyl (C=O) groups is 1. The molecule has 0 amide bonds. The van der Waals surface area contributed by atoms with Crippen molar-refractivity contribution in [3.8, 4) is 0 Å². The Bertz CT molecular complexity index is 694. The lowest BCUT2D eigenvalue weighted by molar-refractivity contribution is -0.152. The van der Waals surface area contributed by atoms with Crippen LogP contribution < -0.4 is 0 Å². The monoisotopic (exact) mass is 351 g/mol. The van der Waals surface area contributed by atoms with Crippen molar-refractivity contribution in [2.45, 2.75) is 31.8 Å². The number of H-pyrrole nitrogens is 1. The molecule has 0 saturated carbocycles. The minimum absolute atomic E-state index is 0.234. The molecule has 2 heterocycles. The molecule has 1 aromatic carbocycles. The highest BCUT2D eigenvalue weighted by molar-refractivity contribution is 9.10. The average molecular weight is 352 g/mol. The third-order valence-corrected chi connectivity index (χ3v) is 4.95. The Morgan fingerprint density at radius 2 is 2.33 bits per heavy atom. The maximum atomic E-state index is 11.8. The Hall–Kier alpha value is -1.33. The van der Waals surface area contributed by atoms with Gasteiger partial charge < -0.3 is 14.5 Å². The summed E-state index contributed by atoms with van der Waals surface area (Å²) in [5.41, 5.74) is 2.72. The molecule has 2 aromatic rings. The molecule has 4 nitrogen and oxygen atoms in total. The molecule has 1 N–H and O–H groups in total. The summed E-state index contributed by atoms with van der Waals surface area (Å²) in [7, 11) is 1.41. The van der Waals surface area contributed by atoms with Crippen LogP contribution >= 0.6 is 15.9 Å². The molecule has 0 saturated heterocycles. The number of rotatable bonds is 3. The standard InChI is InChI=1S/C16H18BrNO3/c1-3-16(9-13(19)20-2)15-10(7-8-21-16)14-11(17)5-4-6-12(14)18-15/h4-6,18H,3,7-9H2,1-2H3. The molecule has 0 radical (unpaired) electrons. The first-order valence-electron chi connectivity index (χ1n) is 7.11. The lowest BCUT2D eigenvalue weighted by Gasteiger charge is -2.35. The van der Waals surface area contributed by atoms with E-state index in [1.54, 1.807) is 0 Å². The maximum absolute atomic E-state index is 11.8. The number of methoxy groups -OCH3 is 1. The van der Waals surface area contributed by atoms with Crippen LogP contribution in [0, 0.1) is 0 Å². The van der Waals surface area contributed by atoms with E-state index in [1.165, 1.54) is 18.1 Å². The second-order valence-electron chi connectivity index (χ2n) is 5.34. The zero-order valence-electron chi connectivity index (χ0n) is 12.2. The number of aromatic amines is 1. The van der Waals surface area contributed by atoms with Gasteiger partial charge in [-0.1, -0.05) is 28.9 Å². The average Bonchev–Trinajstić information content (AvgIpc) is 2.88. The van der Waals surface area contributed by atoms with Gasteiger partial charge in [-0.15, -0.1) is 0 Å². The van der Waals surface area contributed by atoms with Crippen molar-refractivity contribution in [1.29, 1.82) is 0 Å². The Labute approximate surface area is 131 Å². The summed E-state index contributed by atoms with van der Waals surface area (Å²) in [5, 5.41) is 1.19. The van der Waals surface area contributed by atoms with Crippen LogP contribution in [0.5, 0.6) is 0 Å². The van der Waals surface area contributed by atoms with Crippen molar-refractivity contribution in [3.05, 3.63) is 33.9 Å². The fraction of sp³-hybridized carbons (Fsp3) is 0.438. The second-order valence-corrected chi connectivity index (χ2v) is 6.19. The fourth-order valence-electron chi connectivity index (χ4n) is 3.18. The summed E-state index contributed by atoms with van der Waals surface area (Å²) in [6.45, 7) is 2.66. The Morgan fingerprint density at radius 1 is 1.52 bits per heavy atom. The maximum Gasteiger partial charge on any atom is 0.308 e. The number of hydrogen-bond acceptors (Lipinski definition) is 3. The number of ether oxygens (including phenoxy) is 2. The molecular weight excluding hydrogens is 334 g/mol. The zero-order chi connectivity index (χ0) is 15.0. The van der Waals surface area contributed by atoms with Crippen molar-refractivity contribution in [2.24, 2.45) is 0 Å². The van der Waals surface area contributed by atoms with Crippen LogP contribution in [-0.2, 0) is 26.3 Å². The normalized spacial score (nSPS) is 21.3. The van der Waals surface area contributed by atoms with Gasteiger partial charge in [0.15, 0.2) is 0 Å². The molecule has 1 aliphatic heterocycles. The van der Waals surface area contributed by atoms with Crippen molar-refractivity contribution in [2.75, 3.05) is 13.7 Å². The largest absolute Gasteiger partial charge is 0.469 e. The van der Waals surface area contributed by atoms with E-state index in [2.05, 4.69) is 27.0 Å². The summed E-state index contributed by atoms with van der Waals surface area (Å²) in [6.07, 6.45) is 1.80. The van der Waals surface area contributed by atoms with Crippen LogP contribution in [0.3, 0.4) is 0 Å². The molecule has 112 valence electrons. The van der Waals surface area contributed by atoms with Gasteiger partial charge in [0.05, 0.1) is 25.8 Å². The van der Waals surface area contributed by atoms with Gasteiger partial charge in [0.2, 0.25) is 0 Å². The molecule has 21 heavy (non-hydrogen) atoms. The fourth-order valence-corrected chi connectivity index (χ4v) is 3.78. The number of hydrogen-bond donors (Lipinski definition) is 1. The number of fused-ring (bicyclic) bond motifs is 3. The van der Waals surface area contributed by atoms with Gasteiger partial charge in [-0.2, -0.15) is 0 Å². The number of halogens is 1. The summed E-state index contributed by atoms with van der Waals surface area (Å²) in [6, 6.07) is 6.10. The van der Waals surface area contributed by atoms with Crippen molar-refractivity contribution in [3.63, 3.8) is 0 Å². The molecule has 1 aliphatic rings. The number of benzene rings is 1. The molecule has 1 atom stereocenters. The molecule has 0 bridgehead atoms. The third-order valence-electron chi connectivity index (χ3n) is 4.29. The first-order chi connectivity index (χ1) is 10.1. The molecular formula is C16H18BrNO3. The van der Waals surface area contributed by atoms with Crippen LogP contribution in [0.1, 0.15) is 31.0 Å². The van der Waals surface area contributed by atoms with Crippen molar-refractivity contribution < 1.29 is 14.3 Å². The van der Waals surface area contributed by atoms with Crippen molar-refractivity contribution >= 4 is 32.8 Å². The van der Waals surface area contributed by atoms with Gasteiger partial charge in [-0.3, -0.25) is 4.79 Å². The molecule has 3 rings (SSSR count). The van der Waals surface area contributed by atoms with Crippen LogP contribution in [0.25, 0.3) is 10.9 Å². The molecule has 0 spiro atoms. The highest BCUT2D eigenvalue weighted by atomic mass is 79.9. The van der Waals surface area contributed by atoms with Crippen LogP contribution in [-0.4, -0.2) is 24.7 Å². The van der Waals surface area contributed by atoms with Gasteiger partial charge in [0.1, 0.15) is 5.60 Å². The second kappa shape index (κ2) is 5.46. The molecule has 0 fully saturated rings. The van der Waals surface area contributed by atoms with Gasteiger partial charge >= 0.3 is 5.97 Å². The number of nitrogens with one attached hydrogen (secondary N) is 1. The zero-order valence-corrected chi connectivity index (χ0v) is 13.7. The summed E-state index contributed by atoms with van der Waals surface area (Å²) in [4.78, 5) is 15.3. The van der Waals surface area contributed by atoms with Crippen LogP contribution in [0.2, 0.25) is 0 Å². The van der Waals surface area contributed by atoms with Gasteiger partial charge in [-0.05, 0) is 30.5 Å². The molecule has 1 aromatic heterocycles. The quantitative estimate of drug-likeness (QED) is 0.858. The number of aromatic nitrogens is 1. The smallest absolute Gasteiger partial charge is 0.308 e. The van der Waals surface area contributed by atoms with E-state index in [-0.39, 0.29) is 12.4 Å². The minimum Gasteiger partial charge on any atom is -0.469 e. The van der Waals surface area contributed by atoms with Crippen LogP contribution in [0.15, 0.2) is 22.7 Å². The highest BCUT2D eigenvalue weighted by Crippen LogP contribution is 2.43. The van der Waals surface area contributed by atoms with Crippen LogP contribution in [0.4, 0.5) is 0 Å². The summed E-state index contributed by atoms with van der Waals surface area (Å²) >= 11 is 3.63. The first-order valence-corrected chi connectivity index (χ1v) is 7.91. The van der Waals surface area contributed by atoms with Gasteiger partial charge in [0, 0.05) is 15.4 Å². The first kappa shape index (κ1) is 14.6. The van der Waals surface area contributed by atoms with E-state index in [9.17, 15) is 4.79 Å². The van der Waals surface area contributed by atoms with E-state index < -0.39 is 5.60 Å². The lowest BCUT2D eigenvalue weighted by Crippen LogP contribution is -2.37. The number of carbonyl (C=O) groups excluding carboxylic acids is 1. The molecule has 1 unspecified atom stereocenters. The van der Waals surface area contributed by atoms with E-state index in [0.717, 1.165) is 28.5 Å². The Morgan fingerprint density at radius 3 is 3.05 bits per heavy atom. The number of esters is 1. The van der Waals surface area contributed by atoms with E-state index >= 15 is 0 Å². The SMILES string of the molecule is CCC1(CC(=O)OC)OCCc2c1[nH]c1cccc(Br)c21. The predicted octanol–water partition coefficient (Wildman–Crippen LogP) is 3.67. The Balaban J connectivity index is 2.19. The van der Waals surface area contributed by atoms with E-state index in [1.807, 2.05) is 19.1 Å². The van der Waals surface area contributed by atoms with E-state index in [0.29, 0.717) is 6.61 Å². The van der Waals surface area contributed by atoms with Crippen molar-refractivity contribution in [1.82, 2.24) is 4.98 Å². The van der Waals surface area contributed by atoms with Gasteiger partial charge in [0.25, 0.3) is 0 Å². The lowest BCUT2D eigenvalue weighted by atomic mass is 9.86. The van der Waals surface area contributed by atoms with E-state index in [4.69, 9.17) is 9.47 Å². The highest BCUT2D eigenvalue weighted by Gasteiger charge is 2.41. The summed E-state index contributed by atoms with van der Waals surface area (Å²) in [5.74, 6) is -0.248. The Kier molecular flexibility index (Phi) is 3.80. The van der Waals surface area contributed by atoms with Gasteiger partial charge in [-0.25, -0.2) is 0 Å². The third kappa shape index (κ3) is 2.28. The summed E-state index contributed by atoms with van der Waals surface area (Å²) < 4.78 is 12.0.